The van der Waals surface area contributed by atoms with Crippen molar-refractivity contribution in [2.75, 3.05) is 6.54 Å². The smallest absolute Gasteiger partial charge is 0.408 e. The fourth-order valence-electron chi connectivity index (χ4n) is 6.68. The Balaban J connectivity index is 1.34. The fraction of sp³-hybridized carbons (Fsp3) is 0.515. The number of rotatable bonds is 12. The number of amides is 3. The third-order valence-corrected chi connectivity index (χ3v) is 9.63. The summed E-state index contributed by atoms with van der Waals surface area (Å²) in [4.78, 5) is 51.2. The van der Waals surface area contributed by atoms with Crippen LogP contribution in [-0.4, -0.2) is 42.8 Å². The molecule has 0 spiro atoms. The van der Waals surface area contributed by atoms with Crippen molar-refractivity contribution in [2.45, 2.75) is 87.8 Å². The number of ether oxygens (including phenoxy) is 1. The van der Waals surface area contributed by atoms with Gasteiger partial charge in [-0.2, -0.15) is 0 Å². The lowest BCUT2D eigenvalue weighted by Gasteiger charge is -2.30. The maximum atomic E-state index is 13.6. The minimum absolute atomic E-state index is 0.109. The second kappa shape index (κ2) is 14.1. The first kappa shape index (κ1) is 31.3. The molecule has 3 fully saturated rings. The van der Waals surface area contributed by atoms with Crippen molar-refractivity contribution in [3.05, 3.63) is 69.7 Å². The number of hydrogen-bond donors (Lipinski definition) is 3. The number of hydrogen-bond acceptors (Lipinski definition) is 5. The molecule has 43 heavy (non-hydrogen) atoms. The average molecular weight is 629 g/mol. The number of carbonyl (C=O) groups excluding carboxylic acids is 4. The van der Waals surface area contributed by atoms with Gasteiger partial charge in [0, 0.05) is 27.9 Å². The monoisotopic (exact) mass is 627 g/mol. The average Bonchev–Trinajstić information content (AvgIpc) is 3.71. The molecule has 1 aliphatic heterocycles. The van der Waals surface area contributed by atoms with E-state index in [1.165, 1.54) is 0 Å². The number of carbonyl (C=O) groups is 4. The zero-order chi connectivity index (χ0) is 30.4. The van der Waals surface area contributed by atoms with Crippen LogP contribution in [0, 0.1) is 11.8 Å². The third-order valence-electron chi connectivity index (χ3n) is 9.16. The SMILES string of the molecule is O=C[C@H](C[C@@H]1CCNC1=O)NC(=O)[C@H](CC1CCCCC1)NC(=O)OC(c1cccc(Cl)c1)C1(c2cccc(Cl)c2)CC1. The Labute approximate surface area is 262 Å². The molecule has 4 atom stereocenters. The minimum atomic E-state index is -0.892. The predicted octanol–water partition coefficient (Wildman–Crippen LogP) is 6.04. The molecular formula is C33H39Cl2N3O5. The molecule has 3 amide bonds. The Morgan fingerprint density at radius 3 is 2.33 bits per heavy atom. The summed E-state index contributed by atoms with van der Waals surface area (Å²) in [6.45, 7) is 0.561. The summed E-state index contributed by atoms with van der Waals surface area (Å²) in [6.07, 6.45) is 7.42. The van der Waals surface area contributed by atoms with Gasteiger partial charge in [-0.15, -0.1) is 0 Å². The van der Waals surface area contributed by atoms with E-state index in [2.05, 4.69) is 16.0 Å². The minimum Gasteiger partial charge on any atom is -0.440 e. The first-order valence-electron chi connectivity index (χ1n) is 15.3. The second-order valence-electron chi connectivity index (χ2n) is 12.2. The summed E-state index contributed by atoms with van der Waals surface area (Å²) in [5.74, 6) is -0.620. The summed E-state index contributed by atoms with van der Waals surface area (Å²) >= 11 is 12.7. The molecular weight excluding hydrogens is 589 g/mol. The number of halogens is 2. The van der Waals surface area contributed by atoms with Crippen molar-refractivity contribution in [3.8, 4) is 0 Å². The molecule has 3 aliphatic rings. The van der Waals surface area contributed by atoms with Crippen LogP contribution in [0.15, 0.2) is 48.5 Å². The molecule has 0 bridgehead atoms. The van der Waals surface area contributed by atoms with Gasteiger partial charge in [-0.1, -0.05) is 79.6 Å². The summed E-state index contributed by atoms with van der Waals surface area (Å²) in [5.41, 5.74) is 1.25. The van der Waals surface area contributed by atoms with Gasteiger partial charge in [-0.05, 0) is 73.4 Å². The van der Waals surface area contributed by atoms with Crippen LogP contribution in [-0.2, 0) is 24.5 Å². The van der Waals surface area contributed by atoms with Crippen LogP contribution < -0.4 is 16.0 Å². The van der Waals surface area contributed by atoms with Gasteiger partial charge in [0.05, 0.1) is 6.04 Å². The summed E-state index contributed by atoms with van der Waals surface area (Å²) in [6, 6.07) is 13.1. The van der Waals surface area contributed by atoms with Gasteiger partial charge in [-0.25, -0.2) is 4.79 Å². The van der Waals surface area contributed by atoms with E-state index in [0.29, 0.717) is 35.7 Å². The van der Waals surface area contributed by atoms with Crippen molar-refractivity contribution in [2.24, 2.45) is 11.8 Å². The lowest BCUT2D eigenvalue weighted by Crippen LogP contribution is -2.51. The molecule has 1 unspecified atom stereocenters. The summed E-state index contributed by atoms with van der Waals surface area (Å²) < 4.78 is 6.18. The Bertz CT molecular complexity index is 1330. The zero-order valence-electron chi connectivity index (χ0n) is 24.2. The topological polar surface area (TPSA) is 114 Å². The van der Waals surface area contributed by atoms with Gasteiger partial charge in [0.2, 0.25) is 11.8 Å². The predicted molar refractivity (Wildman–Crippen MR) is 165 cm³/mol. The molecule has 2 saturated carbocycles. The maximum Gasteiger partial charge on any atom is 0.408 e. The first-order chi connectivity index (χ1) is 20.8. The van der Waals surface area contributed by atoms with E-state index >= 15 is 0 Å². The lowest BCUT2D eigenvalue weighted by molar-refractivity contribution is -0.127. The third kappa shape index (κ3) is 7.90. The molecule has 3 N–H and O–H groups in total. The van der Waals surface area contributed by atoms with Gasteiger partial charge in [0.1, 0.15) is 18.4 Å². The van der Waals surface area contributed by atoms with E-state index < -0.39 is 35.6 Å². The van der Waals surface area contributed by atoms with Crippen molar-refractivity contribution in [1.29, 1.82) is 0 Å². The van der Waals surface area contributed by atoms with Crippen LogP contribution in [0.25, 0.3) is 0 Å². The van der Waals surface area contributed by atoms with Gasteiger partial charge in [0.25, 0.3) is 0 Å². The molecule has 2 aromatic carbocycles. The highest BCUT2D eigenvalue weighted by Crippen LogP contribution is 2.58. The Morgan fingerprint density at radius 1 is 0.977 bits per heavy atom. The number of nitrogens with one attached hydrogen (secondary N) is 3. The largest absolute Gasteiger partial charge is 0.440 e. The first-order valence-corrected chi connectivity index (χ1v) is 16.0. The fourth-order valence-corrected chi connectivity index (χ4v) is 7.07. The van der Waals surface area contributed by atoms with Gasteiger partial charge >= 0.3 is 6.09 Å². The Kier molecular flexibility index (Phi) is 10.3. The van der Waals surface area contributed by atoms with Crippen molar-refractivity contribution >= 4 is 47.4 Å². The number of benzene rings is 2. The van der Waals surface area contributed by atoms with Crippen LogP contribution in [0.4, 0.5) is 4.79 Å². The molecule has 10 heteroatoms. The molecule has 0 aromatic heterocycles. The van der Waals surface area contributed by atoms with E-state index in [1.54, 1.807) is 12.1 Å². The number of aldehydes is 1. The van der Waals surface area contributed by atoms with Crippen LogP contribution in [0.3, 0.4) is 0 Å². The van der Waals surface area contributed by atoms with E-state index in [-0.39, 0.29) is 24.2 Å². The van der Waals surface area contributed by atoms with Gasteiger partial charge < -0.3 is 25.5 Å². The highest BCUT2D eigenvalue weighted by atomic mass is 35.5. The van der Waals surface area contributed by atoms with Crippen LogP contribution in [0.2, 0.25) is 10.0 Å². The standard InChI is InChI=1S/C33H39Cl2N3O5/c34-25-10-4-8-22(17-25)29(33(13-14-33)24-9-5-11-26(35)19-24)43-32(42)38-28(16-21-6-2-1-3-7-21)31(41)37-27(20-39)18-23-12-15-36-30(23)40/h4-5,8-11,17,19-21,23,27-29H,1-3,6-7,12-16,18H2,(H,36,40)(H,37,41)(H,38,42)/t23-,27-,28-,29?/m0/s1. The maximum absolute atomic E-state index is 13.6. The van der Waals surface area contributed by atoms with E-state index in [9.17, 15) is 19.2 Å². The van der Waals surface area contributed by atoms with Crippen LogP contribution in [0.1, 0.15) is 81.4 Å². The highest BCUT2D eigenvalue weighted by molar-refractivity contribution is 6.31. The quantitative estimate of drug-likeness (QED) is 0.248. The lowest BCUT2D eigenvalue weighted by atomic mass is 9.84. The molecule has 2 aromatic rings. The van der Waals surface area contributed by atoms with E-state index in [4.69, 9.17) is 27.9 Å². The number of alkyl carbamates (subject to hydrolysis) is 1. The highest BCUT2D eigenvalue weighted by Gasteiger charge is 2.54. The molecule has 8 nitrogen and oxygen atoms in total. The van der Waals surface area contributed by atoms with Gasteiger partial charge in [0.15, 0.2) is 0 Å². The second-order valence-corrected chi connectivity index (χ2v) is 13.1. The molecule has 0 radical (unpaired) electrons. The van der Waals surface area contributed by atoms with Crippen molar-refractivity contribution < 1.29 is 23.9 Å². The van der Waals surface area contributed by atoms with Gasteiger partial charge in [-0.3, -0.25) is 9.59 Å². The van der Waals surface area contributed by atoms with Crippen LogP contribution in [0.5, 0.6) is 0 Å². The van der Waals surface area contributed by atoms with Crippen molar-refractivity contribution in [3.63, 3.8) is 0 Å². The van der Waals surface area contributed by atoms with E-state index in [1.807, 2.05) is 36.4 Å². The molecule has 1 heterocycles. The Morgan fingerprint density at radius 2 is 1.70 bits per heavy atom. The Hall–Kier alpha value is -3.10. The normalized spacial score (nSPS) is 21.6. The summed E-state index contributed by atoms with van der Waals surface area (Å²) in [7, 11) is 0. The molecule has 230 valence electrons. The molecule has 2 aliphatic carbocycles. The van der Waals surface area contributed by atoms with E-state index in [0.717, 1.165) is 56.1 Å². The molecule has 5 rings (SSSR count). The molecule has 1 saturated heterocycles. The summed E-state index contributed by atoms with van der Waals surface area (Å²) in [5, 5.41) is 9.52. The van der Waals surface area contributed by atoms with Crippen molar-refractivity contribution in [1.82, 2.24) is 16.0 Å². The zero-order valence-corrected chi connectivity index (χ0v) is 25.7. The van der Waals surface area contributed by atoms with Crippen LogP contribution >= 0.6 is 23.2 Å².